The number of thiocarbonyl (C=S) groups is 1. The lowest BCUT2D eigenvalue weighted by Gasteiger charge is -2.05. The Morgan fingerprint density at radius 3 is 2.69 bits per heavy atom. The largest absolute Gasteiger partial charge is 0.506 e. The molecule has 72 valence electrons. The maximum absolute atomic E-state index is 9.29. The molecule has 0 amide bonds. The Morgan fingerprint density at radius 2 is 2.15 bits per heavy atom. The highest BCUT2D eigenvalue weighted by Gasteiger charge is 2.00. The number of phenols is 1. The second-order valence-corrected chi connectivity index (χ2v) is 3.51. The molecule has 0 heterocycles. The first-order chi connectivity index (χ1) is 5.59. The number of aromatic hydroxyl groups is 1. The Bertz CT molecular complexity index is 321. The van der Waals surface area contributed by atoms with Crippen LogP contribution < -0.4 is 11.1 Å². The average Bonchev–Trinajstić information content (AvgIpc) is 1.96. The third-order valence-electron chi connectivity index (χ3n) is 1.22. The van der Waals surface area contributed by atoms with Crippen LogP contribution in [0, 0.1) is 0 Å². The predicted molar refractivity (Wildman–Crippen MR) is 58.7 cm³/mol. The van der Waals surface area contributed by atoms with Gasteiger partial charge in [0.1, 0.15) is 5.75 Å². The fourth-order valence-electron chi connectivity index (χ4n) is 0.741. The third kappa shape index (κ3) is 3.56. The van der Waals surface area contributed by atoms with E-state index in [4.69, 9.17) is 5.73 Å². The van der Waals surface area contributed by atoms with Crippen molar-refractivity contribution in [2.45, 2.75) is 0 Å². The number of benzene rings is 1. The zero-order chi connectivity index (χ0) is 9.14. The second kappa shape index (κ2) is 4.98. The molecule has 0 atom stereocenters. The highest BCUT2D eigenvalue weighted by Crippen LogP contribution is 2.26. The molecule has 0 fully saturated rings. The minimum absolute atomic E-state index is 0. The fraction of sp³-hybridized carbons (Fsp3) is 0. The Balaban J connectivity index is 0.00000144. The van der Waals surface area contributed by atoms with Crippen molar-refractivity contribution in [1.29, 1.82) is 0 Å². The zero-order valence-corrected chi connectivity index (χ0v) is 8.85. The van der Waals surface area contributed by atoms with E-state index in [1.807, 2.05) is 0 Å². The van der Waals surface area contributed by atoms with Crippen molar-refractivity contribution in [3.63, 3.8) is 0 Å². The van der Waals surface area contributed by atoms with Gasteiger partial charge in [0.15, 0.2) is 5.11 Å². The Labute approximate surface area is 88.4 Å². The lowest BCUT2D eigenvalue weighted by atomic mass is 10.3. The van der Waals surface area contributed by atoms with Crippen LogP contribution >= 0.6 is 28.1 Å². The SMILES string of the molecule is F.NC(=S)Nc1cc(Br)ccc1O. The number of hydrogen-bond acceptors (Lipinski definition) is 2. The summed E-state index contributed by atoms with van der Waals surface area (Å²) in [7, 11) is 0. The molecule has 0 saturated carbocycles. The first-order valence-corrected chi connectivity index (χ1v) is 4.34. The number of nitrogens with two attached hydrogens (primary N) is 1. The number of rotatable bonds is 1. The minimum atomic E-state index is 0. The molecule has 0 radical (unpaired) electrons. The summed E-state index contributed by atoms with van der Waals surface area (Å²) >= 11 is 7.87. The first-order valence-electron chi connectivity index (χ1n) is 3.14. The smallest absolute Gasteiger partial charge is 0.168 e. The molecule has 4 N–H and O–H groups in total. The van der Waals surface area contributed by atoms with Crippen LogP contribution in [-0.2, 0) is 0 Å². The summed E-state index contributed by atoms with van der Waals surface area (Å²) in [5.74, 6) is 0.117. The Hall–Kier alpha value is -0.880. The summed E-state index contributed by atoms with van der Waals surface area (Å²) in [4.78, 5) is 0. The molecule has 13 heavy (non-hydrogen) atoms. The van der Waals surface area contributed by atoms with E-state index >= 15 is 0 Å². The van der Waals surface area contributed by atoms with Crippen molar-refractivity contribution >= 4 is 38.9 Å². The molecule has 0 saturated heterocycles. The van der Waals surface area contributed by atoms with Crippen molar-refractivity contribution in [2.24, 2.45) is 5.73 Å². The molecule has 0 aliphatic carbocycles. The summed E-state index contributed by atoms with van der Waals surface area (Å²) in [5, 5.41) is 12.1. The molecule has 1 aromatic rings. The number of hydrogen-bond donors (Lipinski definition) is 3. The van der Waals surface area contributed by atoms with Gasteiger partial charge in [0, 0.05) is 4.47 Å². The van der Waals surface area contributed by atoms with Crippen molar-refractivity contribution < 1.29 is 9.81 Å². The number of nitrogens with one attached hydrogen (secondary N) is 1. The maximum atomic E-state index is 9.29. The quantitative estimate of drug-likeness (QED) is 0.537. The van der Waals surface area contributed by atoms with E-state index in [0.717, 1.165) is 4.47 Å². The summed E-state index contributed by atoms with van der Waals surface area (Å²) in [6.07, 6.45) is 0. The maximum Gasteiger partial charge on any atom is 0.168 e. The predicted octanol–water partition coefficient (Wildman–Crippen LogP) is 1.96. The standard InChI is InChI=1S/C7H7BrN2OS.FH/c8-4-1-2-6(11)5(3-4)10-7(9)12;/h1-3,11H,(H3,9,10,12);1H. The van der Waals surface area contributed by atoms with E-state index in [9.17, 15) is 5.11 Å². The van der Waals surface area contributed by atoms with Gasteiger partial charge in [-0.25, -0.2) is 0 Å². The minimum Gasteiger partial charge on any atom is -0.506 e. The normalized spacial score (nSPS) is 8.69. The van der Waals surface area contributed by atoms with E-state index in [2.05, 4.69) is 33.5 Å². The first kappa shape index (κ1) is 12.1. The van der Waals surface area contributed by atoms with Gasteiger partial charge in [-0.3, -0.25) is 4.70 Å². The molecule has 3 nitrogen and oxygen atoms in total. The van der Waals surface area contributed by atoms with E-state index in [1.165, 1.54) is 0 Å². The highest BCUT2D eigenvalue weighted by atomic mass is 79.9. The molecule has 1 aromatic carbocycles. The summed E-state index contributed by atoms with van der Waals surface area (Å²) in [5.41, 5.74) is 5.73. The third-order valence-corrected chi connectivity index (χ3v) is 1.81. The summed E-state index contributed by atoms with van der Waals surface area (Å²) in [6, 6.07) is 4.96. The second-order valence-electron chi connectivity index (χ2n) is 2.15. The lowest BCUT2D eigenvalue weighted by Crippen LogP contribution is -2.18. The van der Waals surface area contributed by atoms with Crippen molar-refractivity contribution in [1.82, 2.24) is 0 Å². The van der Waals surface area contributed by atoms with Gasteiger partial charge in [-0.15, -0.1) is 0 Å². The summed E-state index contributed by atoms with van der Waals surface area (Å²) < 4.78 is 0.846. The van der Waals surface area contributed by atoms with E-state index in [0.29, 0.717) is 5.69 Å². The number of anilines is 1. The van der Waals surface area contributed by atoms with E-state index in [-0.39, 0.29) is 15.6 Å². The van der Waals surface area contributed by atoms with E-state index in [1.54, 1.807) is 18.2 Å². The van der Waals surface area contributed by atoms with Crippen LogP contribution in [0.5, 0.6) is 5.75 Å². The van der Waals surface area contributed by atoms with Gasteiger partial charge in [-0.1, -0.05) is 15.9 Å². The highest BCUT2D eigenvalue weighted by molar-refractivity contribution is 9.10. The number of phenolic OH excluding ortho intramolecular Hbond substituents is 1. The van der Waals surface area contributed by atoms with Crippen molar-refractivity contribution in [2.75, 3.05) is 5.32 Å². The monoisotopic (exact) mass is 266 g/mol. The Kier molecular flexibility index (Phi) is 4.64. The molecule has 0 aliphatic rings. The molecule has 0 spiro atoms. The van der Waals surface area contributed by atoms with Crippen LogP contribution in [0.15, 0.2) is 22.7 Å². The van der Waals surface area contributed by atoms with Gasteiger partial charge < -0.3 is 16.2 Å². The molecule has 1 rings (SSSR count). The van der Waals surface area contributed by atoms with Crippen molar-refractivity contribution in [3.05, 3.63) is 22.7 Å². The van der Waals surface area contributed by atoms with Crippen LogP contribution in [0.1, 0.15) is 0 Å². The topological polar surface area (TPSA) is 58.3 Å². The molecule has 6 heteroatoms. The van der Waals surface area contributed by atoms with Gasteiger partial charge in [0.05, 0.1) is 5.69 Å². The molecule has 0 aliphatic heterocycles. The van der Waals surface area contributed by atoms with Crippen molar-refractivity contribution in [3.8, 4) is 5.75 Å². The molecule has 0 aromatic heterocycles. The van der Waals surface area contributed by atoms with Gasteiger partial charge in [-0.2, -0.15) is 0 Å². The van der Waals surface area contributed by atoms with Gasteiger partial charge in [-0.05, 0) is 30.4 Å². The lowest BCUT2D eigenvalue weighted by molar-refractivity contribution is 0.478. The van der Waals surface area contributed by atoms with Gasteiger partial charge >= 0.3 is 0 Å². The summed E-state index contributed by atoms with van der Waals surface area (Å²) in [6.45, 7) is 0. The molecular weight excluding hydrogens is 259 g/mol. The van der Waals surface area contributed by atoms with Crippen LogP contribution in [0.4, 0.5) is 10.4 Å². The zero-order valence-electron chi connectivity index (χ0n) is 6.45. The van der Waals surface area contributed by atoms with Crippen LogP contribution in [0.2, 0.25) is 0 Å². The Morgan fingerprint density at radius 1 is 1.54 bits per heavy atom. The average molecular weight is 267 g/mol. The van der Waals surface area contributed by atoms with Crippen LogP contribution in [0.25, 0.3) is 0 Å². The van der Waals surface area contributed by atoms with Crippen LogP contribution in [0.3, 0.4) is 0 Å². The van der Waals surface area contributed by atoms with Gasteiger partial charge in [0.2, 0.25) is 0 Å². The molecule has 0 bridgehead atoms. The fourth-order valence-corrected chi connectivity index (χ4v) is 1.21. The van der Waals surface area contributed by atoms with Gasteiger partial charge in [0.25, 0.3) is 0 Å². The van der Waals surface area contributed by atoms with Crippen LogP contribution in [-0.4, -0.2) is 10.2 Å². The molecule has 0 unspecified atom stereocenters. The van der Waals surface area contributed by atoms with E-state index < -0.39 is 0 Å². The molecular formula is C7H8BrFN2OS. The number of halogens is 2.